The van der Waals surface area contributed by atoms with Crippen LogP contribution in [0.1, 0.15) is 18.9 Å². The maximum Gasteiger partial charge on any atom is 0.129 e. The number of nitrogens with zero attached hydrogens (tertiary/aromatic N) is 1. The summed E-state index contributed by atoms with van der Waals surface area (Å²) < 4.78 is 13.6. The lowest BCUT2D eigenvalue weighted by molar-refractivity contribution is 0.0256. The molecule has 94 valence electrons. The van der Waals surface area contributed by atoms with E-state index in [-0.39, 0.29) is 11.9 Å². The Balaban J connectivity index is 2.06. The first-order valence-corrected chi connectivity index (χ1v) is 6.01. The van der Waals surface area contributed by atoms with Crippen LogP contribution >= 0.6 is 0 Å². The van der Waals surface area contributed by atoms with Gasteiger partial charge < -0.3 is 10.8 Å². The van der Waals surface area contributed by atoms with E-state index in [4.69, 9.17) is 5.73 Å². The van der Waals surface area contributed by atoms with Crippen LogP contribution in [0.4, 0.5) is 10.1 Å². The van der Waals surface area contributed by atoms with Crippen molar-refractivity contribution in [1.29, 1.82) is 0 Å². The molecule has 3 N–H and O–H groups in total. The van der Waals surface area contributed by atoms with E-state index in [0.717, 1.165) is 13.0 Å². The molecule has 0 radical (unpaired) electrons. The molecule has 17 heavy (non-hydrogen) atoms. The Morgan fingerprint density at radius 1 is 1.53 bits per heavy atom. The molecular formula is C13H19FN2O. The van der Waals surface area contributed by atoms with Gasteiger partial charge in [-0.05, 0) is 31.0 Å². The van der Waals surface area contributed by atoms with Crippen LogP contribution in [0.5, 0.6) is 0 Å². The van der Waals surface area contributed by atoms with Gasteiger partial charge in [-0.1, -0.05) is 13.0 Å². The molecule has 0 saturated carbocycles. The van der Waals surface area contributed by atoms with Gasteiger partial charge in [0.25, 0.3) is 0 Å². The second-order valence-electron chi connectivity index (χ2n) is 4.88. The fourth-order valence-corrected chi connectivity index (χ4v) is 2.22. The van der Waals surface area contributed by atoms with Gasteiger partial charge in [-0.2, -0.15) is 0 Å². The lowest BCUT2D eigenvalue weighted by Crippen LogP contribution is -2.42. The number of halogens is 1. The number of hydrogen-bond donors (Lipinski definition) is 2. The Bertz CT molecular complexity index is 377. The van der Waals surface area contributed by atoms with Gasteiger partial charge >= 0.3 is 0 Å². The highest BCUT2D eigenvalue weighted by molar-refractivity contribution is 5.47. The molecule has 2 atom stereocenters. The van der Waals surface area contributed by atoms with Crippen molar-refractivity contribution in [2.45, 2.75) is 26.0 Å². The number of nitrogens with two attached hydrogens (primary N) is 1. The molecule has 3 nitrogen and oxygen atoms in total. The number of likely N-dealkylation sites (tertiary alicyclic amines) is 1. The molecule has 1 aromatic carbocycles. The minimum Gasteiger partial charge on any atom is -0.398 e. The molecule has 0 bridgehead atoms. The fourth-order valence-electron chi connectivity index (χ4n) is 2.22. The van der Waals surface area contributed by atoms with Gasteiger partial charge in [0.2, 0.25) is 0 Å². The minimum absolute atomic E-state index is 0.266. The summed E-state index contributed by atoms with van der Waals surface area (Å²) in [5.41, 5.74) is 6.79. The predicted molar refractivity (Wildman–Crippen MR) is 65.9 cm³/mol. The number of benzene rings is 1. The molecule has 2 unspecified atom stereocenters. The average molecular weight is 238 g/mol. The highest BCUT2D eigenvalue weighted by atomic mass is 19.1. The molecule has 1 aliphatic rings. The van der Waals surface area contributed by atoms with Crippen molar-refractivity contribution in [2.75, 3.05) is 18.8 Å². The zero-order valence-electron chi connectivity index (χ0n) is 10.1. The van der Waals surface area contributed by atoms with E-state index >= 15 is 0 Å². The van der Waals surface area contributed by atoms with Crippen molar-refractivity contribution in [3.05, 3.63) is 29.6 Å². The van der Waals surface area contributed by atoms with Gasteiger partial charge in [-0.15, -0.1) is 0 Å². The number of aliphatic hydroxyl groups excluding tert-OH is 1. The van der Waals surface area contributed by atoms with Gasteiger partial charge in [-0.3, -0.25) is 4.90 Å². The summed E-state index contributed by atoms with van der Waals surface area (Å²) in [5.74, 6) is 0.0577. The smallest absolute Gasteiger partial charge is 0.129 e. The quantitative estimate of drug-likeness (QED) is 0.770. The first-order valence-electron chi connectivity index (χ1n) is 6.01. The molecule has 0 aromatic heterocycles. The zero-order chi connectivity index (χ0) is 12.4. The van der Waals surface area contributed by atoms with Crippen molar-refractivity contribution >= 4 is 5.69 Å². The minimum atomic E-state index is -0.322. The van der Waals surface area contributed by atoms with Crippen LogP contribution in [0.15, 0.2) is 18.2 Å². The molecule has 2 rings (SSSR count). The summed E-state index contributed by atoms with van der Waals surface area (Å²) in [6.07, 6.45) is 0.618. The van der Waals surface area contributed by atoms with Crippen molar-refractivity contribution in [1.82, 2.24) is 4.90 Å². The van der Waals surface area contributed by atoms with Gasteiger partial charge in [-0.25, -0.2) is 4.39 Å². The summed E-state index contributed by atoms with van der Waals surface area (Å²) in [6.45, 7) is 3.99. The molecule has 4 heteroatoms. The fraction of sp³-hybridized carbons (Fsp3) is 0.538. The number of hydrogen-bond acceptors (Lipinski definition) is 3. The van der Waals surface area contributed by atoms with Crippen molar-refractivity contribution in [3.63, 3.8) is 0 Å². The maximum absolute atomic E-state index is 13.6. The number of anilines is 1. The molecule has 1 heterocycles. The highest BCUT2D eigenvalue weighted by Crippen LogP contribution is 2.22. The Morgan fingerprint density at radius 3 is 2.94 bits per heavy atom. The molecule has 0 aliphatic carbocycles. The Morgan fingerprint density at radius 2 is 2.29 bits per heavy atom. The number of rotatable bonds is 2. The lowest BCUT2D eigenvalue weighted by Gasteiger charge is -2.34. The monoisotopic (exact) mass is 238 g/mol. The van der Waals surface area contributed by atoms with Crippen LogP contribution in [0.25, 0.3) is 0 Å². The summed E-state index contributed by atoms with van der Waals surface area (Å²) in [7, 11) is 0. The molecule has 1 fully saturated rings. The highest BCUT2D eigenvalue weighted by Gasteiger charge is 2.25. The Labute approximate surface area is 101 Å². The van der Waals surface area contributed by atoms with E-state index in [1.54, 1.807) is 12.1 Å². The second-order valence-corrected chi connectivity index (χ2v) is 4.88. The number of β-amino-alcohol motifs (C(OH)–C–C–N with tert-alkyl or cyclic N) is 1. The van der Waals surface area contributed by atoms with Crippen LogP contribution < -0.4 is 5.73 Å². The van der Waals surface area contributed by atoms with E-state index in [9.17, 15) is 9.50 Å². The summed E-state index contributed by atoms with van der Waals surface area (Å²) in [6, 6.07) is 4.75. The van der Waals surface area contributed by atoms with Crippen LogP contribution in [-0.4, -0.2) is 29.2 Å². The molecule has 1 aliphatic heterocycles. The molecule has 1 saturated heterocycles. The van der Waals surface area contributed by atoms with Crippen LogP contribution in [0.3, 0.4) is 0 Å². The molecule has 1 aromatic rings. The second kappa shape index (κ2) is 5.02. The standard InChI is InChI=1S/C13H19FN2O/c1-9-5-6-16(8-13(9)17)7-10-11(14)3-2-4-12(10)15/h2-4,9,13,17H,5-8,15H2,1H3. The third-order valence-corrected chi connectivity index (χ3v) is 3.54. The number of nitrogen functional groups attached to an aromatic ring is 1. The number of aliphatic hydroxyl groups is 1. The number of piperidine rings is 1. The lowest BCUT2D eigenvalue weighted by atomic mass is 9.95. The van der Waals surface area contributed by atoms with E-state index in [1.807, 2.05) is 6.92 Å². The van der Waals surface area contributed by atoms with Crippen molar-refractivity contribution in [2.24, 2.45) is 5.92 Å². The summed E-state index contributed by atoms with van der Waals surface area (Å²) in [4.78, 5) is 2.05. The summed E-state index contributed by atoms with van der Waals surface area (Å²) >= 11 is 0. The van der Waals surface area contributed by atoms with Crippen LogP contribution in [0.2, 0.25) is 0 Å². The van der Waals surface area contributed by atoms with E-state index in [0.29, 0.717) is 30.3 Å². The van der Waals surface area contributed by atoms with E-state index in [1.165, 1.54) is 6.07 Å². The van der Waals surface area contributed by atoms with Crippen LogP contribution in [0, 0.1) is 11.7 Å². The molecule has 0 spiro atoms. The topological polar surface area (TPSA) is 49.5 Å². The normalized spacial score (nSPS) is 26.1. The van der Waals surface area contributed by atoms with Gasteiger partial charge in [0.05, 0.1) is 6.10 Å². The SMILES string of the molecule is CC1CCN(Cc2c(N)cccc2F)CC1O. The molecular weight excluding hydrogens is 219 g/mol. The van der Waals surface area contributed by atoms with Gasteiger partial charge in [0.1, 0.15) is 5.82 Å². The Hall–Kier alpha value is -1.13. The first kappa shape index (κ1) is 12.3. The zero-order valence-corrected chi connectivity index (χ0v) is 10.1. The van der Waals surface area contributed by atoms with Crippen LogP contribution in [-0.2, 0) is 6.54 Å². The first-order chi connectivity index (χ1) is 8.08. The summed E-state index contributed by atoms with van der Waals surface area (Å²) in [5, 5.41) is 9.80. The third-order valence-electron chi connectivity index (χ3n) is 3.54. The van der Waals surface area contributed by atoms with Crippen molar-refractivity contribution in [3.8, 4) is 0 Å². The van der Waals surface area contributed by atoms with E-state index in [2.05, 4.69) is 4.90 Å². The van der Waals surface area contributed by atoms with Crippen molar-refractivity contribution < 1.29 is 9.50 Å². The van der Waals surface area contributed by atoms with Gasteiger partial charge in [0.15, 0.2) is 0 Å². The van der Waals surface area contributed by atoms with E-state index < -0.39 is 0 Å². The van der Waals surface area contributed by atoms with Gasteiger partial charge in [0, 0.05) is 24.3 Å². The average Bonchev–Trinajstić information content (AvgIpc) is 2.28. The maximum atomic E-state index is 13.6. The largest absolute Gasteiger partial charge is 0.398 e. The molecule has 0 amide bonds. The Kier molecular flexibility index (Phi) is 3.64. The predicted octanol–water partition coefficient (Wildman–Crippen LogP) is 1.61. The third kappa shape index (κ3) is 2.76.